The molecule has 3 aromatic rings. The number of hydrogen-bond donors (Lipinski definition) is 0. The molecule has 23 heavy (non-hydrogen) atoms. The Kier molecular flexibility index (Phi) is 3.86. The zero-order chi connectivity index (χ0) is 15.5. The molecular formula is C18H17N3O2. The number of hydrogen-bond acceptors (Lipinski definition) is 5. The highest BCUT2D eigenvalue weighted by Gasteiger charge is 2.33. The number of ether oxygens (including phenoxy) is 1. The lowest BCUT2D eigenvalue weighted by atomic mass is 9.89. The molecule has 116 valence electrons. The van der Waals surface area contributed by atoms with Crippen molar-refractivity contribution in [2.24, 2.45) is 0 Å². The molecule has 0 aliphatic carbocycles. The summed E-state index contributed by atoms with van der Waals surface area (Å²) in [4.78, 5) is 8.61. The van der Waals surface area contributed by atoms with Gasteiger partial charge in [-0.3, -0.25) is 4.98 Å². The molecule has 4 rings (SSSR count). The van der Waals surface area contributed by atoms with Crippen LogP contribution in [0.25, 0.3) is 11.4 Å². The fourth-order valence-electron chi connectivity index (χ4n) is 3.01. The van der Waals surface area contributed by atoms with E-state index in [2.05, 4.69) is 27.3 Å². The molecular weight excluding hydrogens is 290 g/mol. The number of pyridine rings is 1. The zero-order valence-electron chi connectivity index (χ0n) is 12.6. The molecule has 1 saturated heterocycles. The first-order valence-electron chi connectivity index (χ1n) is 7.82. The minimum absolute atomic E-state index is 0.0318. The number of aromatic nitrogens is 3. The Morgan fingerprint density at radius 3 is 2.65 bits per heavy atom. The third-order valence-electron chi connectivity index (χ3n) is 4.15. The molecule has 0 amide bonds. The molecule has 2 atom stereocenters. The van der Waals surface area contributed by atoms with Gasteiger partial charge in [0.05, 0.1) is 12.0 Å². The van der Waals surface area contributed by atoms with Crippen LogP contribution in [-0.4, -0.2) is 21.7 Å². The van der Waals surface area contributed by atoms with Crippen LogP contribution >= 0.6 is 0 Å². The first-order chi connectivity index (χ1) is 11.4. The average molecular weight is 307 g/mol. The van der Waals surface area contributed by atoms with Gasteiger partial charge in [0, 0.05) is 24.6 Å². The van der Waals surface area contributed by atoms with Crippen LogP contribution in [0.3, 0.4) is 0 Å². The SMILES string of the molecule is c1ccc(C2OCCCC2c2nc(-c3ccncc3)no2)cc1. The van der Waals surface area contributed by atoms with Crippen molar-refractivity contribution in [3.63, 3.8) is 0 Å². The maximum Gasteiger partial charge on any atom is 0.233 e. The summed E-state index contributed by atoms with van der Waals surface area (Å²) in [6.07, 6.45) is 5.40. The lowest BCUT2D eigenvalue weighted by Crippen LogP contribution is -2.21. The fourth-order valence-corrected chi connectivity index (χ4v) is 3.01. The summed E-state index contributed by atoms with van der Waals surface area (Å²) < 4.78 is 11.6. The standard InChI is InChI=1S/C18H17N3O2/c1-2-5-13(6-3-1)16-15(7-4-12-22-16)18-20-17(21-23-18)14-8-10-19-11-9-14/h1-3,5-6,8-11,15-16H,4,7,12H2. The Labute approximate surface area is 134 Å². The summed E-state index contributed by atoms with van der Waals surface area (Å²) in [5.41, 5.74) is 2.06. The van der Waals surface area contributed by atoms with E-state index in [-0.39, 0.29) is 12.0 Å². The summed E-state index contributed by atoms with van der Waals surface area (Å²) in [5.74, 6) is 1.33. The normalized spacial score (nSPS) is 21.2. The number of rotatable bonds is 3. The molecule has 5 nitrogen and oxygen atoms in total. The van der Waals surface area contributed by atoms with Crippen molar-refractivity contribution in [2.75, 3.05) is 6.61 Å². The number of benzene rings is 1. The molecule has 1 aromatic carbocycles. The molecule has 0 saturated carbocycles. The predicted molar refractivity (Wildman–Crippen MR) is 84.6 cm³/mol. The van der Waals surface area contributed by atoms with E-state index in [1.807, 2.05) is 30.3 Å². The molecule has 2 aromatic heterocycles. The molecule has 2 unspecified atom stereocenters. The van der Waals surface area contributed by atoms with Crippen molar-refractivity contribution >= 4 is 0 Å². The van der Waals surface area contributed by atoms with Crippen molar-refractivity contribution in [3.8, 4) is 11.4 Å². The second-order valence-electron chi connectivity index (χ2n) is 5.64. The lowest BCUT2D eigenvalue weighted by Gasteiger charge is -2.29. The Morgan fingerprint density at radius 1 is 1.00 bits per heavy atom. The zero-order valence-corrected chi connectivity index (χ0v) is 12.6. The van der Waals surface area contributed by atoms with Gasteiger partial charge in [-0.2, -0.15) is 4.98 Å². The molecule has 0 radical (unpaired) electrons. The van der Waals surface area contributed by atoms with E-state index in [4.69, 9.17) is 9.26 Å². The van der Waals surface area contributed by atoms with Crippen LogP contribution in [-0.2, 0) is 4.74 Å². The van der Waals surface area contributed by atoms with Gasteiger partial charge in [-0.05, 0) is 30.5 Å². The maximum atomic E-state index is 6.01. The average Bonchev–Trinajstić information content (AvgIpc) is 3.13. The van der Waals surface area contributed by atoms with Gasteiger partial charge in [0.2, 0.25) is 11.7 Å². The van der Waals surface area contributed by atoms with Gasteiger partial charge < -0.3 is 9.26 Å². The predicted octanol–water partition coefficient (Wildman–Crippen LogP) is 3.77. The molecule has 1 aliphatic rings. The van der Waals surface area contributed by atoms with E-state index in [0.29, 0.717) is 11.7 Å². The fraction of sp³-hybridized carbons (Fsp3) is 0.278. The molecule has 0 N–H and O–H groups in total. The van der Waals surface area contributed by atoms with E-state index in [0.717, 1.165) is 30.6 Å². The van der Waals surface area contributed by atoms with Gasteiger partial charge in [0.15, 0.2) is 0 Å². The van der Waals surface area contributed by atoms with Crippen LogP contribution in [0.1, 0.15) is 36.3 Å². The minimum Gasteiger partial charge on any atom is -0.373 e. The molecule has 5 heteroatoms. The second-order valence-corrected chi connectivity index (χ2v) is 5.64. The minimum atomic E-state index is -0.0318. The van der Waals surface area contributed by atoms with E-state index < -0.39 is 0 Å². The van der Waals surface area contributed by atoms with Gasteiger partial charge in [-0.15, -0.1) is 0 Å². The largest absolute Gasteiger partial charge is 0.373 e. The summed E-state index contributed by atoms with van der Waals surface area (Å²) in [5, 5.41) is 4.12. The Morgan fingerprint density at radius 2 is 1.83 bits per heavy atom. The molecule has 0 bridgehead atoms. The highest BCUT2D eigenvalue weighted by atomic mass is 16.5. The summed E-state index contributed by atoms with van der Waals surface area (Å²) in [6.45, 7) is 0.765. The van der Waals surface area contributed by atoms with Crippen LogP contribution in [0.2, 0.25) is 0 Å². The van der Waals surface area contributed by atoms with Crippen molar-refractivity contribution in [1.29, 1.82) is 0 Å². The summed E-state index contributed by atoms with van der Waals surface area (Å²) in [7, 11) is 0. The van der Waals surface area contributed by atoms with Gasteiger partial charge in [-0.1, -0.05) is 35.5 Å². The van der Waals surface area contributed by atoms with E-state index in [1.54, 1.807) is 12.4 Å². The van der Waals surface area contributed by atoms with Gasteiger partial charge in [0.1, 0.15) is 0 Å². The molecule has 0 spiro atoms. The topological polar surface area (TPSA) is 61.0 Å². The first kappa shape index (κ1) is 14.1. The van der Waals surface area contributed by atoms with Gasteiger partial charge >= 0.3 is 0 Å². The Balaban J connectivity index is 1.64. The molecule has 1 fully saturated rings. The maximum absolute atomic E-state index is 6.01. The van der Waals surface area contributed by atoms with E-state index >= 15 is 0 Å². The lowest BCUT2D eigenvalue weighted by molar-refractivity contribution is -0.0103. The highest BCUT2D eigenvalue weighted by molar-refractivity contribution is 5.52. The second kappa shape index (κ2) is 6.30. The summed E-state index contributed by atoms with van der Waals surface area (Å²) in [6, 6.07) is 14.0. The quantitative estimate of drug-likeness (QED) is 0.737. The van der Waals surface area contributed by atoms with Crippen LogP contribution in [0.4, 0.5) is 0 Å². The van der Waals surface area contributed by atoms with E-state index in [9.17, 15) is 0 Å². The van der Waals surface area contributed by atoms with Gasteiger partial charge in [-0.25, -0.2) is 0 Å². The smallest absolute Gasteiger partial charge is 0.233 e. The molecule has 1 aliphatic heterocycles. The van der Waals surface area contributed by atoms with Gasteiger partial charge in [0.25, 0.3) is 0 Å². The van der Waals surface area contributed by atoms with Crippen molar-refractivity contribution < 1.29 is 9.26 Å². The first-order valence-corrected chi connectivity index (χ1v) is 7.82. The number of nitrogens with zero attached hydrogens (tertiary/aromatic N) is 3. The van der Waals surface area contributed by atoms with Crippen molar-refractivity contribution in [3.05, 3.63) is 66.3 Å². The monoisotopic (exact) mass is 307 g/mol. The van der Waals surface area contributed by atoms with Crippen LogP contribution in [0.5, 0.6) is 0 Å². The van der Waals surface area contributed by atoms with Crippen LogP contribution in [0, 0.1) is 0 Å². The Bertz CT molecular complexity index is 758. The third kappa shape index (κ3) is 2.87. The highest BCUT2D eigenvalue weighted by Crippen LogP contribution is 2.40. The van der Waals surface area contributed by atoms with Crippen molar-refractivity contribution in [1.82, 2.24) is 15.1 Å². The Hall–Kier alpha value is -2.53. The molecule has 3 heterocycles. The third-order valence-corrected chi connectivity index (χ3v) is 4.15. The summed E-state index contributed by atoms with van der Waals surface area (Å²) >= 11 is 0. The van der Waals surface area contributed by atoms with Crippen LogP contribution < -0.4 is 0 Å². The van der Waals surface area contributed by atoms with E-state index in [1.165, 1.54) is 0 Å². The van der Waals surface area contributed by atoms with Crippen molar-refractivity contribution in [2.45, 2.75) is 24.9 Å². The van der Waals surface area contributed by atoms with Crippen LogP contribution in [0.15, 0.2) is 59.4 Å².